The number of amides is 4. The predicted molar refractivity (Wildman–Crippen MR) is 95.5 cm³/mol. The van der Waals surface area contributed by atoms with Gasteiger partial charge in [0.2, 0.25) is 11.8 Å². The zero-order chi connectivity index (χ0) is 20.0. The molecule has 146 valence electrons. The van der Waals surface area contributed by atoms with E-state index in [0.717, 1.165) is 4.90 Å². The summed E-state index contributed by atoms with van der Waals surface area (Å²) in [7, 11) is 0. The molecule has 4 rings (SSSR count). The van der Waals surface area contributed by atoms with Gasteiger partial charge in [0.1, 0.15) is 6.04 Å². The highest BCUT2D eigenvalue weighted by Crippen LogP contribution is 2.34. The molecule has 2 aliphatic heterocycles. The zero-order valence-corrected chi connectivity index (χ0v) is 14.9. The molecule has 4 amide bonds. The van der Waals surface area contributed by atoms with Crippen molar-refractivity contribution in [3.63, 3.8) is 0 Å². The summed E-state index contributed by atoms with van der Waals surface area (Å²) < 4.78 is 0. The van der Waals surface area contributed by atoms with Crippen LogP contribution in [-0.4, -0.2) is 52.2 Å². The number of nitrogens with one attached hydrogen (secondary N) is 2. The van der Waals surface area contributed by atoms with Crippen LogP contribution in [-0.2, 0) is 14.4 Å². The summed E-state index contributed by atoms with van der Waals surface area (Å²) in [4.78, 5) is 60.5. The number of benzene rings is 1. The third-order valence-electron chi connectivity index (χ3n) is 5.62. The number of anilines is 1. The van der Waals surface area contributed by atoms with Crippen LogP contribution in [0.2, 0.25) is 0 Å². The van der Waals surface area contributed by atoms with Gasteiger partial charge >= 0.3 is 5.97 Å². The quantitative estimate of drug-likeness (QED) is 0.633. The Bertz CT molecular complexity index is 905. The van der Waals surface area contributed by atoms with Crippen LogP contribution in [0.15, 0.2) is 18.2 Å². The summed E-state index contributed by atoms with van der Waals surface area (Å²) in [6.45, 7) is 0.585. The Morgan fingerprint density at radius 1 is 1.14 bits per heavy atom. The number of imide groups is 2. The monoisotopic (exact) mass is 385 g/mol. The van der Waals surface area contributed by atoms with Gasteiger partial charge in [-0.15, -0.1) is 0 Å². The normalized spacial score (nSPS) is 26.6. The van der Waals surface area contributed by atoms with Crippen LogP contribution in [0.1, 0.15) is 46.4 Å². The minimum atomic E-state index is -0.982. The molecule has 0 spiro atoms. The van der Waals surface area contributed by atoms with Gasteiger partial charge in [0.15, 0.2) is 0 Å². The van der Waals surface area contributed by atoms with Crippen LogP contribution >= 0.6 is 0 Å². The third kappa shape index (κ3) is 3.02. The molecule has 9 heteroatoms. The minimum absolute atomic E-state index is 0.0787. The lowest BCUT2D eigenvalue weighted by Gasteiger charge is -2.32. The van der Waals surface area contributed by atoms with E-state index in [-0.39, 0.29) is 35.8 Å². The van der Waals surface area contributed by atoms with Gasteiger partial charge in [0.25, 0.3) is 11.8 Å². The van der Waals surface area contributed by atoms with E-state index in [4.69, 9.17) is 5.11 Å². The number of fused-ring (bicyclic) bond motifs is 1. The second kappa shape index (κ2) is 6.74. The van der Waals surface area contributed by atoms with Gasteiger partial charge < -0.3 is 10.4 Å². The molecule has 1 aromatic rings. The van der Waals surface area contributed by atoms with E-state index in [9.17, 15) is 24.0 Å². The number of nitrogens with zero attached hydrogens (tertiary/aromatic N) is 1. The standard InChI is InChI=1S/C19H19N3O6/c23-15-4-3-14(16(24)21-15)22-17(25)12-2-1-11(7-13(12)18(22)26)20-8-9-5-10(6-9)19(27)28/h1-2,7,9-10,14,20H,3-6,8H2,(H,27,28)(H,21,23,24). The fraction of sp³-hybridized carbons (Fsp3) is 0.421. The summed E-state index contributed by atoms with van der Waals surface area (Å²) in [6, 6.07) is 3.83. The molecule has 3 aliphatic rings. The molecule has 1 aromatic carbocycles. The highest BCUT2D eigenvalue weighted by molar-refractivity contribution is 6.23. The van der Waals surface area contributed by atoms with Crippen LogP contribution in [0.5, 0.6) is 0 Å². The lowest BCUT2D eigenvalue weighted by Crippen LogP contribution is -2.54. The van der Waals surface area contributed by atoms with Crippen molar-refractivity contribution in [3.8, 4) is 0 Å². The first-order valence-electron chi connectivity index (χ1n) is 9.17. The van der Waals surface area contributed by atoms with Gasteiger partial charge in [-0.25, -0.2) is 0 Å². The molecule has 2 fully saturated rings. The lowest BCUT2D eigenvalue weighted by molar-refractivity contribution is -0.146. The summed E-state index contributed by atoms with van der Waals surface area (Å²) in [5.41, 5.74) is 1.11. The first-order valence-corrected chi connectivity index (χ1v) is 9.17. The number of aliphatic carboxylic acids is 1. The van der Waals surface area contributed by atoms with Crippen molar-refractivity contribution >= 4 is 35.3 Å². The molecule has 1 aliphatic carbocycles. The summed E-state index contributed by atoms with van der Waals surface area (Å²) in [6.07, 6.45) is 1.44. The lowest BCUT2D eigenvalue weighted by atomic mass is 9.75. The zero-order valence-electron chi connectivity index (χ0n) is 14.9. The van der Waals surface area contributed by atoms with Gasteiger partial charge in [-0.3, -0.25) is 34.2 Å². The summed E-state index contributed by atoms with van der Waals surface area (Å²) >= 11 is 0. The van der Waals surface area contributed by atoms with Crippen LogP contribution in [0.4, 0.5) is 5.69 Å². The Labute approximate surface area is 160 Å². The fourth-order valence-electron chi connectivity index (χ4n) is 3.95. The summed E-state index contributed by atoms with van der Waals surface area (Å²) in [5, 5.41) is 14.3. The number of carbonyl (C=O) groups excluding carboxylic acids is 4. The first kappa shape index (κ1) is 18.1. The van der Waals surface area contributed by atoms with Crippen molar-refractivity contribution in [1.29, 1.82) is 0 Å². The van der Waals surface area contributed by atoms with Gasteiger partial charge in [-0.2, -0.15) is 0 Å². The van der Waals surface area contributed by atoms with Crippen LogP contribution in [0, 0.1) is 11.8 Å². The van der Waals surface area contributed by atoms with E-state index < -0.39 is 35.6 Å². The Balaban J connectivity index is 1.45. The van der Waals surface area contributed by atoms with E-state index >= 15 is 0 Å². The van der Waals surface area contributed by atoms with Crippen molar-refractivity contribution in [1.82, 2.24) is 10.2 Å². The van der Waals surface area contributed by atoms with E-state index in [0.29, 0.717) is 25.1 Å². The maximum absolute atomic E-state index is 12.8. The molecule has 1 saturated carbocycles. The highest BCUT2D eigenvalue weighted by atomic mass is 16.4. The highest BCUT2D eigenvalue weighted by Gasteiger charge is 2.44. The molecule has 2 heterocycles. The number of carbonyl (C=O) groups is 5. The SMILES string of the molecule is O=C1CCC(N2C(=O)c3ccc(NCC4CC(C(=O)O)C4)cc3C2=O)C(=O)N1. The molecule has 0 radical (unpaired) electrons. The topological polar surface area (TPSA) is 133 Å². The van der Waals surface area contributed by atoms with E-state index in [1.165, 1.54) is 0 Å². The molecule has 0 bridgehead atoms. The third-order valence-corrected chi connectivity index (χ3v) is 5.62. The van der Waals surface area contributed by atoms with Crippen molar-refractivity contribution < 1.29 is 29.1 Å². The molecule has 1 unspecified atom stereocenters. The van der Waals surface area contributed by atoms with Crippen molar-refractivity contribution in [3.05, 3.63) is 29.3 Å². The Hall–Kier alpha value is -3.23. The van der Waals surface area contributed by atoms with Gasteiger partial charge in [0, 0.05) is 18.7 Å². The Morgan fingerprint density at radius 3 is 2.54 bits per heavy atom. The van der Waals surface area contributed by atoms with E-state index in [1.54, 1.807) is 18.2 Å². The molecule has 28 heavy (non-hydrogen) atoms. The Morgan fingerprint density at radius 2 is 1.86 bits per heavy atom. The van der Waals surface area contributed by atoms with Gasteiger partial charge in [-0.05, 0) is 43.4 Å². The number of rotatable bonds is 5. The average molecular weight is 385 g/mol. The fourth-order valence-corrected chi connectivity index (χ4v) is 3.95. The van der Waals surface area contributed by atoms with Gasteiger partial charge in [-0.1, -0.05) is 0 Å². The van der Waals surface area contributed by atoms with Crippen LogP contribution < -0.4 is 10.6 Å². The predicted octanol–water partition coefficient (Wildman–Crippen LogP) is 0.610. The Kier molecular flexibility index (Phi) is 4.37. The van der Waals surface area contributed by atoms with Crippen LogP contribution in [0.3, 0.4) is 0 Å². The van der Waals surface area contributed by atoms with Crippen LogP contribution in [0.25, 0.3) is 0 Å². The molecule has 9 nitrogen and oxygen atoms in total. The number of hydrogen-bond donors (Lipinski definition) is 3. The van der Waals surface area contributed by atoms with Crippen molar-refractivity contribution in [2.75, 3.05) is 11.9 Å². The maximum Gasteiger partial charge on any atom is 0.306 e. The molecular weight excluding hydrogens is 366 g/mol. The second-order valence-electron chi connectivity index (χ2n) is 7.46. The molecule has 3 N–H and O–H groups in total. The summed E-state index contributed by atoms with van der Waals surface area (Å²) in [5.74, 6) is -2.93. The van der Waals surface area contributed by atoms with E-state index in [1.807, 2.05) is 0 Å². The largest absolute Gasteiger partial charge is 0.481 e. The second-order valence-corrected chi connectivity index (χ2v) is 7.46. The van der Waals surface area contributed by atoms with Gasteiger partial charge in [0.05, 0.1) is 17.0 Å². The number of carboxylic acid groups (broad SMARTS) is 1. The number of carboxylic acids is 1. The molecule has 1 saturated heterocycles. The maximum atomic E-state index is 12.8. The first-order chi connectivity index (χ1) is 13.3. The smallest absolute Gasteiger partial charge is 0.306 e. The molecule has 1 atom stereocenters. The molecular formula is C19H19N3O6. The molecule has 0 aromatic heterocycles. The van der Waals surface area contributed by atoms with E-state index in [2.05, 4.69) is 10.6 Å². The number of hydrogen-bond acceptors (Lipinski definition) is 6. The minimum Gasteiger partial charge on any atom is -0.481 e. The van der Waals surface area contributed by atoms with Crippen molar-refractivity contribution in [2.24, 2.45) is 11.8 Å². The average Bonchev–Trinajstić information content (AvgIpc) is 2.84. The van der Waals surface area contributed by atoms with Crippen molar-refractivity contribution in [2.45, 2.75) is 31.7 Å². The number of piperidine rings is 1.